The standard InChI is InChI=1S/C32H32N2O7/c1-33(28-16-9-21-41-28)31(37)25-13-6-4-11-23(25)24-12-5-7-14-26(24)32(38)34(20-18-29(35)36)19-17-22-10-8-15-27(39-2)30(22)40-3/h4-16,21H,17-20H2,1-3H3,(H,35,36). The van der Waals surface area contributed by atoms with Crippen LogP contribution in [0.3, 0.4) is 0 Å². The predicted octanol–water partition coefficient (Wildman–Crippen LogP) is 5.40. The van der Waals surface area contributed by atoms with E-state index in [0.29, 0.717) is 46.1 Å². The molecule has 4 rings (SSSR count). The number of hydrogen-bond acceptors (Lipinski definition) is 6. The molecule has 9 heteroatoms. The van der Waals surface area contributed by atoms with Crippen molar-refractivity contribution in [2.45, 2.75) is 12.8 Å². The zero-order valence-corrected chi connectivity index (χ0v) is 23.2. The SMILES string of the molecule is COc1cccc(CCN(CCC(=O)O)C(=O)c2ccccc2-c2ccccc2C(=O)N(C)c2ccco2)c1OC. The van der Waals surface area contributed by atoms with E-state index >= 15 is 0 Å². The Morgan fingerprint density at radius 3 is 2.02 bits per heavy atom. The zero-order valence-electron chi connectivity index (χ0n) is 23.2. The predicted molar refractivity (Wildman–Crippen MR) is 155 cm³/mol. The number of amides is 2. The van der Waals surface area contributed by atoms with Crippen LogP contribution in [0.25, 0.3) is 11.1 Å². The molecule has 0 radical (unpaired) electrons. The number of nitrogens with zero attached hydrogens (tertiary/aromatic N) is 2. The van der Waals surface area contributed by atoms with Crippen LogP contribution in [0.2, 0.25) is 0 Å². The Kier molecular flexibility index (Phi) is 9.42. The lowest BCUT2D eigenvalue weighted by Crippen LogP contribution is -2.35. The van der Waals surface area contributed by atoms with Gasteiger partial charge in [-0.15, -0.1) is 0 Å². The fraction of sp³-hybridized carbons (Fsp3) is 0.219. The van der Waals surface area contributed by atoms with Crippen molar-refractivity contribution in [2.24, 2.45) is 0 Å². The second kappa shape index (κ2) is 13.3. The van der Waals surface area contributed by atoms with Gasteiger partial charge >= 0.3 is 5.97 Å². The van der Waals surface area contributed by atoms with Gasteiger partial charge < -0.3 is 23.9 Å². The molecule has 4 aromatic rings. The Bertz CT molecular complexity index is 1510. The van der Waals surface area contributed by atoms with E-state index in [2.05, 4.69) is 0 Å². The Hall–Kier alpha value is -5.05. The fourth-order valence-electron chi connectivity index (χ4n) is 4.67. The van der Waals surface area contributed by atoms with Crippen LogP contribution in [-0.4, -0.2) is 62.1 Å². The molecule has 212 valence electrons. The lowest BCUT2D eigenvalue weighted by molar-refractivity contribution is -0.137. The number of anilines is 1. The van der Waals surface area contributed by atoms with Crippen molar-refractivity contribution in [3.05, 3.63) is 102 Å². The van der Waals surface area contributed by atoms with E-state index in [1.807, 2.05) is 12.1 Å². The third-order valence-corrected chi connectivity index (χ3v) is 6.76. The summed E-state index contributed by atoms with van der Waals surface area (Å²) in [5, 5.41) is 9.39. The van der Waals surface area contributed by atoms with Crippen molar-refractivity contribution in [2.75, 3.05) is 39.3 Å². The number of aliphatic carboxylic acids is 1. The second-order valence-corrected chi connectivity index (χ2v) is 9.25. The van der Waals surface area contributed by atoms with Gasteiger partial charge in [0.15, 0.2) is 11.5 Å². The highest BCUT2D eigenvalue weighted by atomic mass is 16.5. The van der Waals surface area contributed by atoms with E-state index in [1.165, 1.54) is 16.1 Å². The average molecular weight is 557 g/mol. The van der Waals surface area contributed by atoms with Crippen LogP contribution in [0.5, 0.6) is 11.5 Å². The highest BCUT2D eigenvalue weighted by molar-refractivity contribution is 6.11. The Morgan fingerprint density at radius 1 is 0.780 bits per heavy atom. The van der Waals surface area contributed by atoms with Gasteiger partial charge in [0.25, 0.3) is 11.8 Å². The van der Waals surface area contributed by atoms with Crippen LogP contribution < -0.4 is 14.4 Å². The van der Waals surface area contributed by atoms with Gasteiger partial charge in [-0.05, 0) is 47.4 Å². The fourth-order valence-corrected chi connectivity index (χ4v) is 4.67. The van der Waals surface area contributed by atoms with E-state index in [1.54, 1.807) is 88.0 Å². The largest absolute Gasteiger partial charge is 0.493 e. The number of carboxylic acid groups (broad SMARTS) is 1. The molecule has 1 aromatic heterocycles. The summed E-state index contributed by atoms with van der Waals surface area (Å²) in [5.74, 6) is -0.126. The van der Waals surface area contributed by atoms with Crippen LogP contribution in [-0.2, 0) is 11.2 Å². The lowest BCUT2D eigenvalue weighted by Gasteiger charge is -2.25. The quantitative estimate of drug-likeness (QED) is 0.249. The smallest absolute Gasteiger partial charge is 0.305 e. The minimum Gasteiger partial charge on any atom is -0.493 e. The summed E-state index contributed by atoms with van der Waals surface area (Å²) >= 11 is 0. The van der Waals surface area contributed by atoms with Crippen LogP contribution in [0.1, 0.15) is 32.7 Å². The molecule has 0 saturated carbocycles. The molecule has 0 bridgehead atoms. The number of para-hydroxylation sites is 1. The van der Waals surface area contributed by atoms with Crippen LogP contribution in [0.4, 0.5) is 5.88 Å². The Labute approximate surface area is 238 Å². The molecule has 3 aromatic carbocycles. The third kappa shape index (κ3) is 6.58. The number of hydrogen-bond donors (Lipinski definition) is 1. The number of ether oxygens (including phenoxy) is 2. The molecule has 0 fully saturated rings. The summed E-state index contributed by atoms with van der Waals surface area (Å²) in [4.78, 5) is 41.9. The van der Waals surface area contributed by atoms with Gasteiger partial charge in [-0.25, -0.2) is 0 Å². The number of rotatable bonds is 12. The van der Waals surface area contributed by atoms with Gasteiger partial charge in [-0.2, -0.15) is 0 Å². The zero-order chi connectivity index (χ0) is 29.4. The van der Waals surface area contributed by atoms with Gasteiger partial charge in [-0.3, -0.25) is 19.3 Å². The van der Waals surface area contributed by atoms with E-state index < -0.39 is 5.97 Å². The van der Waals surface area contributed by atoms with E-state index in [4.69, 9.17) is 13.9 Å². The second-order valence-electron chi connectivity index (χ2n) is 9.25. The third-order valence-electron chi connectivity index (χ3n) is 6.76. The summed E-state index contributed by atoms with van der Waals surface area (Å²) in [5.41, 5.74) is 2.72. The first-order chi connectivity index (χ1) is 19.8. The molecule has 0 aliphatic rings. The first kappa shape index (κ1) is 28.9. The Balaban J connectivity index is 1.68. The summed E-state index contributed by atoms with van der Waals surface area (Å²) < 4.78 is 16.3. The average Bonchev–Trinajstić information content (AvgIpc) is 3.55. The first-order valence-corrected chi connectivity index (χ1v) is 13.1. The highest BCUT2D eigenvalue weighted by Crippen LogP contribution is 2.32. The van der Waals surface area contributed by atoms with E-state index in [9.17, 15) is 19.5 Å². The normalized spacial score (nSPS) is 10.6. The molecule has 0 aliphatic carbocycles. The number of methoxy groups -OCH3 is 2. The molecular formula is C32H32N2O7. The first-order valence-electron chi connectivity index (χ1n) is 13.1. The van der Waals surface area contributed by atoms with Crippen molar-refractivity contribution in [1.82, 2.24) is 4.90 Å². The number of carboxylic acids is 1. The molecular weight excluding hydrogens is 524 g/mol. The van der Waals surface area contributed by atoms with Crippen LogP contribution in [0.15, 0.2) is 89.5 Å². The van der Waals surface area contributed by atoms with Crippen molar-refractivity contribution in [3.63, 3.8) is 0 Å². The molecule has 0 aliphatic heterocycles. The summed E-state index contributed by atoms with van der Waals surface area (Å²) in [6.45, 7) is 0.252. The number of furan rings is 1. The minimum absolute atomic E-state index is 0.0105. The number of benzene rings is 3. The van der Waals surface area contributed by atoms with Crippen molar-refractivity contribution in [3.8, 4) is 22.6 Å². The lowest BCUT2D eigenvalue weighted by atomic mass is 9.94. The monoisotopic (exact) mass is 556 g/mol. The summed E-state index contributed by atoms with van der Waals surface area (Å²) in [6.07, 6.45) is 1.69. The number of carbonyl (C=O) groups excluding carboxylic acids is 2. The molecule has 0 spiro atoms. The number of carbonyl (C=O) groups is 3. The van der Waals surface area contributed by atoms with Crippen LogP contribution in [0, 0.1) is 0 Å². The van der Waals surface area contributed by atoms with Gasteiger partial charge in [0, 0.05) is 37.3 Å². The summed E-state index contributed by atoms with van der Waals surface area (Å²) in [7, 11) is 4.72. The molecule has 0 atom stereocenters. The van der Waals surface area contributed by atoms with E-state index in [-0.39, 0.29) is 31.3 Å². The maximum absolute atomic E-state index is 14.0. The minimum atomic E-state index is -1.01. The van der Waals surface area contributed by atoms with Gasteiger partial charge in [0.05, 0.1) is 26.9 Å². The van der Waals surface area contributed by atoms with Crippen molar-refractivity contribution in [1.29, 1.82) is 0 Å². The van der Waals surface area contributed by atoms with Crippen molar-refractivity contribution < 1.29 is 33.4 Å². The van der Waals surface area contributed by atoms with Gasteiger partial charge in [0.1, 0.15) is 0 Å². The van der Waals surface area contributed by atoms with E-state index in [0.717, 1.165) is 5.56 Å². The Morgan fingerprint density at radius 2 is 1.44 bits per heavy atom. The molecule has 2 amide bonds. The van der Waals surface area contributed by atoms with Gasteiger partial charge in [-0.1, -0.05) is 48.5 Å². The maximum atomic E-state index is 14.0. The topological polar surface area (TPSA) is 110 Å². The van der Waals surface area contributed by atoms with Crippen LogP contribution >= 0.6 is 0 Å². The maximum Gasteiger partial charge on any atom is 0.305 e. The van der Waals surface area contributed by atoms with Crippen molar-refractivity contribution >= 4 is 23.7 Å². The molecule has 0 unspecified atom stereocenters. The summed E-state index contributed by atoms with van der Waals surface area (Å²) in [6, 6.07) is 23.0. The molecule has 0 saturated heterocycles. The molecule has 1 N–H and O–H groups in total. The van der Waals surface area contributed by atoms with Gasteiger partial charge in [0.2, 0.25) is 5.88 Å². The molecule has 1 heterocycles. The molecule has 9 nitrogen and oxygen atoms in total. The molecule has 41 heavy (non-hydrogen) atoms. The highest BCUT2D eigenvalue weighted by Gasteiger charge is 2.25.